The van der Waals surface area contributed by atoms with Crippen molar-refractivity contribution in [3.63, 3.8) is 0 Å². The van der Waals surface area contributed by atoms with Crippen LogP contribution in [0, 0.1) is 0 Å². The number of fused-ring (bicyclic) bond motifs is 1. The molecule has 2 amide bonds. The molecule has 1 atom stereocenters. The van der Waals surface area contributed by atoms with Crippen LogP contribution in [-0.2, 0) is 15.8 Å². The van der Waals surface area contributed by atoms with Crippen LogP contribution in [0.3, 0.4) is 0 Å². The van der Waals surface area contributed by atoms with Crippen LogP contribution in [0.2, 0.25) is 0 Å². The van der Waals surface area contributed by atoms with E-state index in [0.717, 1.165) is 12.1 Å². The number of piperazine rings is 1. The van der Waals surface area contributed by atoms with E-state index >= 15 is 0 Å². The summed E-state index contributed by atoms with van der Waals surface area (Å²) in [6, 6.07) is 9.58. The third kappa shape index (κ3) is 3.64. The van der Waals surface area contributed by atoms with Crippen LogP contribution < -0.4 is 19.3 Å². The summed E-state index contributed by atoms with van der Waals surface area (Å²) in [5.41, 5.74) is 0.248. The number of benzene rings is 2. The average Bonchev–Trinajstić information content (AvgIpc) is 3.36. The Balaban J connectivity index is 1.26. The van der Waals surface area contributed by atoms with E-state index in [-0.39, 0.29) is 25.0 Å². The fraction of sp³-hybridized carbons (Fsp3) is 0.364. The second-order valence-corrected chi connectivity index (χ2v) is 7.90. The van der Waals surface area contributed by atoms with E-state index in [9.17, 15) is 22.8 Å². The predicted octanol–water partition coefficient (Wildman–Crippen LogP) is 2.89. The normalized spacial score (nSPS) is 21.5. The van der Waals surface area contributed by atoms with Crippen LogP contribution in [0.15, 0.2) is 42.5 Å². The van der Waals surface area contributed by atoms with Crippen molar-refractivity contribution in [1.82, 2.24) is 4.90 Å². The van der Waals surface area contributed by atoms with E-state index < -0.39 is 17.8 Å². The summed E-state index contributed by atoms with van der Waals surface area (Å²) in [6.07, 6.45) is -4.33. The van der Waals surface area contributed by atoms with Crippen LogP contribution in [0.5, 0.6) is 11.5 Å². The van der Waals surface area contributed by atoms with Gasteiger partial charge in [0.15, 0.2) is 11.5 Å². The molecule has 1 unspecified atom stereocenters. The molecule has 0 saturated carbocycles. The van der Waals surface area contributed by atoms with E-state index in [2.05, 4.69) is 0 Å². The zero-order valence-electron chi connectivity index (χ0n) is 17.0. The molecule has 168 valence electrons. The van der Waals surface area contributed by atoms with Crippen molar-refractivity contribution in [2.45, 2.75) is 18.6 Å². The number of amides is 2. The SMILES string of the molecule is O=C1CC(N2CCN(c3cccc(C(F)(F)F)c3)CC2)C(=O)N1c1ccc2c(c1)OCO2. The smallest absolute Gasteiger partial charge is 0.416 e. The Morgan fingerprint density at radius 2 is 1.62 bits per heavy atom. The zero-order chi connectivity index (χ0) is 22.5. The summed E-state index contributed by atoms with van der Waals surface area (Å²) in [6.45, 7) is 1.95. The van der Waals surface area contributed by atoms with Crippen molar-refractivity contribution < 1.29 is 32.2 Å². The molecule has 0 aliphatic carbocycles. The van der Waals surface area contributed by atoms with E-state index in [1.54, 1.807) is 24.3 Å². The molecule has 0 radical (unpaired) electrons. The monoisotopic (exact) mass is 447 g/mol. The molecule has 0 bridgehead atoms. The van der Waals surface area contributed by atoms with Gasteiger partial charge in [0.2, 0.25) is 12.7 Å². The Bertz CT molecular complexity index is 1070. The number of rotatable bonds is 3. The largest absolute Gasteiger partial charge is 0.454 e. The highest BCUT2D eigenvalue weighted by atomic mass is 19.4. The third-order valence-corrected chi connectivity index (χ3v) is 6.03. The van der Waals surface area contributed by atoms with Crippen LogP contribution in [0.4, 0.5) is 24.5 Å². The Hall–Kier alpha value is -3.27. The van der Waals surface area contributed by atoms with Crippen molar-refractivity contribution in [2.24, 2.45) is 0 Å². The Kier molecular flexibility index (Phi) is 4.96. The van der Waals surface area contributed by atoms with Crippen molar-refractivity contribution in [1.29, 1.82) is 0 Å². The molecule has 0 aromatic heterocycles. The second kappa shape index (κ2) is 7.70. The quantitative estimate of drug-likeness (QED) is 0.675. The van der Waals surface area contributed by atoms with Crippen molar-refractivity contribution in [3.8, 4) is 11.5 Å². The summed E-state index contributed by atoms with van der Waals surface area (Å²) >= 11 is 0. The lowest BCUT2D eigenvalue weighted by atomic mass is 10.1. The molecule has 0 spiro atoms. The highest BCUT2D eigenvalue weighted by Gasteiger charge is 2.43. The van der Waals surface area contributed by atoms with Gasteiger partial charge in [0.05, 0.1) is 23.7 Å². The van der Waals surface area contributed by atoms with Gasteiger partial charge in [0.25, 0.3) is 5.91 Å². The van der Waals surface area contributed by atoms with Crippen molar-refractivity contribution >= 4 is 23.2 Å². The van der Waals surface area contributed by atoms with Crippen LogP contribution in [0.25, 0.3) is 0 Å². The van der Waals surface area contributed by atoms with Crippen molar-refractivity contribution in [2.75, 3.05) is 42.8 Å². The number of carbonyl (C=O) groups is 2. The molecule has 2 aromatic carbocycles. The van der Waals surface area contributed by atoms with Crippen LogP contribution in [0.1, 0.15) is 12.0 Å². The fourth-order valence-corrected chi connectivity index (χ4v) is 4.37. The molecular weight excluding hydrogens is 427 g/mol. The average molecular weight is 447 g/mol. The lowest BCUT2D eigenvalue weighted by Gasteiger charge is -2.38. The van der Waals surface area contributed by atoms with Gasteiger partial charge >= 0.3 is 6.18 Å². The molecule has 2 aromatic rings. The van der Waals surface area contributed by atoms with Gasteiger partial charge in [-0.1, -0.05) is 6.07 Å². The molecule has 3 heterocycles. The number of hydrogen-bond acceptors (Lipinski definition) is 6. The number of hydrogen-bond donors (Lipinski definition) is 0. The van der Waals surface area contributed by atoms with Gasteiger partial charge < -0.3 is 14.4 Å². The molecule has 5 rings (SSSR count). The van der Waals surface area contributed by atoms with E-state index in [1.807, 2.05) is 9.80 Å². The molecule has 3 aliphatic heterocycles. The maximum atomic E-state index is 13.1. The summed E-state index contributed by atoms with van der Waals surface area (Å²) in [5, 5.41) is 0. The van der Waals surface area contributed by atoms with Gasteiger partial charge in [-0.2, -0.15) is 13.2 Å². The zero-order valence-corrected chi connectivity index (χ0v) is 17.0. The minimum atomic E-state index is -4.40. The van der Waals surface area contributed by atoms with Crippen molar-refractivity contribution in [3.05, 3.63) is 48.0 Å². The predicted molar refractivity (Wildman–Crippen MR) is 109 cm³/mol. The summed E-state index contributed by atoms with van der Waals surface area (Å²) < 4.78 is 49.7. The first-order chi connectivity index (χ1) is 15.3. The number of carbonyl (C=O) groups excluding carboxylic acids is 2. The van der Waals surface area contributed by atoms with Gasteiger partial charge in [-0.25, -0.2) is 4.90 Å². The second-order valence-electron chi connectivity index (χ2n) is 7.90. The number of alkyl halides is 3. The lowest BCUT2D eigenvalue weighted by Crippen LogP contribution is -2.52. The van der Waals surface area contributed by atoms with E-state index in [4.69, 9.17) is 9.47 Å². The number of nitrogens with zero attached hydrogens (tertiary/aromatic N) is 3. The molecule has 0 N–H and O–H groups in total. The van der Waals surface area contributed by atoms with Gasteiger partial charge in [-0.15, -0.1) is 0 Å². The number of ether oxygens (including phenoxy) is 2. The minimum absolute atomic E-state index is 0.0663. The lowest BCUT2D eigenvalue weighted by molar-refractivity contribution is -0.137. The molecule has 2 fully saturated rings. The van der Waals surface area contributed by atoms with E-state index in [1.165, 1.54) is 11.0 Å². The number of anilines is 2. The first-order valence-corrected chi connectivity index (χ1v) is 10.2. The van der Waals surface area contributed by atoms with E-state index in [0.29, 0.717) is 49.1 Å². The third-order valence-electron chi connectivity index (χ3n) is 6.03. The first-order valence-electron chi connectivity index (χ1n) is 10.2. The van der Waals surface area contributed by atoms with Crippen LogP contribution >= 0.6 is 0 Å². The van der Waals surface area contributed by atoms with Gasteiger partial charge in [0.1, 0.15) is 0 Å². The Morgan fingerprint density at radius 3 is 2.38 bits per heavy atom. The summed E-state index contributed by atoms with van der Waals surface area (Å²) in [5.74, 6) is 0.455. The molecule has 2 saturated heterocycles. The standard InChI is InChI=1S/C22H20F3N3O4/c23-22(24,25)14-2-1-3-15(10-14)26-6-8-27(9-7-26)17-12-20(29)28(21(17)30)16-4-5-18-19(11-16)32-13-31-18/h1-5,10-11,17H,6-9,12-13H2. The maximum Gasteiger partial charge on any atom is 0.416 e. The molecule has 7 nitrogen and oxygen atoms in total. The van der Waals surface area contributed by atoms with Gasteiger partial charge in [0, 0.05) is 37.9 Å². The molecule has 10 heteroatoms. The summed E-state index contributed by atoms with van der Waals surface area (Å²) in [4.78, 5) is 30.7. The molecule has 3 aliphatic rings. The Morgan fingerprint density at radius 1 is 0.875 bits per heavy atom. The number of imide groups is 1. The summed E-state index contributed by atoms with van der Waals surface area (Å²) in [7, 11) is 0. The first kappa shape index (κ1) is 20.6. The fourth-order valence-electron chi connectivity index (χ4n) is 4.37. The highest BCUT2D eigenvalue weighted by molar-refractivity contribution is 6.22. The van der Waals surface area contributed by atoms with Gasteiger partial charge in [-0.05, 0) is 30.3 Å². The minimum Gasteiger partial charge on any atom is -0.454 e. The highest BCUT2D eigenvalue weighted by Crippen LogP contribution is 2.37. The topological polar surface area (TPSA) is 62.3 Å². The van der Waals surface area contributed by atoms with Crippen LogP contribution in [-0.4, -0.2) is 55.7 Å². The molecular formula is C22H20F3N3O4. The Labute approximate surface area is 181 Å². The number of halogens is 3. The maximum absolute atomic E-state index is 13.1. The molecule has 32 heavy (non-hydrogen) atoms. The van der Waals surface area contributed by atoms with Gasteiger partial charge in [-0.3, -0.25) is 14.5 Å².